The topological polar surface area (TPSA) is 73.1 Å². The highest BCUT2D eigenvalue weighted by molar-refractivity contribution is 5.48. The van der Waals surface area contributed by atoms with Gasteiger partial charge < -0.3 is 10.2 Å². The van der Waals surface area contributed by atoms with Gasteiger partial charge in [-0.25, -0.2) is 15.8 Å². The molecule has 1 aromatic heterocycles. The lowest BCUT2D eigenvalue weighted by Gasteiger charge is -2.37. The lowest BCUT2D eigenvalue weighted by Crippen LogP contribution is -2.36. The number of rotatable bonds is 3. The predicted molar refractivity (Wildman–Crippen MR) is 78.2 cm³/mol. The molecule has 0 saturated heterocycles. The Kier molecular flexibility index (Phi) is 3.65. The van der Waals surface area contributed by atoms with Crippen LogP contribution in [0.25, 0.3) is 0 Å². The first-order chi connectivity index (χ1) is 9.68. The maximum Gasteiger partial charge on any atom is 0.162 e. The zero-order chi connectivity index (χ0) is 14.2. The number of nitrogens with zero attached hydrogens (tertiary/aromatic N) is 2. The minimum atomic E-state index is -0.324. The van der Waals surface area contributed by atoms with Crippen molar-refractivity contribution in [2.75, 3.05) is 12.5 Å². The highest BCUT2D eigenvalue weighted by atomic mass is 16.5. The van der Waals surface area contributed by atoms with Gasteiger partial charge in [0.2, 0.25) is 0 Å². The summed E-state index contributed by atoms with van der Waals surface area (Å²) >= 11 is 0. The molecule has 2 aliphatic carbocycles. The lowest BCUT2D eigenvalue weighted by atomic mass is 9.79. The standard InChI is InChI=1S/C15H24N4O/c1-10-6-8-15(20-2,9-7-10)14-17-12-5-3-4-11(12)13(18-14)19-16/h10H,3-9,16H2,1-2H3,(H,17,18,19). The van der Waals surface area contributed by atoms with Crippen molar-refractivity contribution in [3.63, 3.8) is 0 Å². The highest BCUT2D eigenvalue weighted by Crippen LogP contribution is 2.41. The second kappa shape index (κ2) is 5.30. The smallest absolute Gasteiger partial charge is 0.162 e. The van der Waals surface area contributed by atoms with Gasteiger partial charge in [0.05, 0.1) is 0 Å². The van der Waals surface area contributed by atoms with E-state index in [9.17, 15) is 0 Å². The van der Waals surface area contributed by atoms with Crippen LogP contribution in [0.3, 0.4) is 0 Å². The monoisotopic (exact) mass is 276 g/mol. The van der Waals surface area contributed by atoms with E-state index in [4.69, 9.17) is 15.6 Å². The maximum absolute atomic E-state index is 5.88. The zero-order valence-corrected chi connectivity index (χ0v) is 12.4. The molecule has 1 heterocycles. The number of hydrogen-bond donors (Lipinski definition) is 2. The number of aryl methyl sites for hydroxylation is 1. The number of aromatic nitrogens is 2. The Morgan fingerprint density at radius 2 is 2.00 bits per heavy atom. The number of anilines is 1. The number of hydrazine groups is 1. The van der Waals surface area contributed by atoms with Gasteiger partial charge in [0, 0.05) is 18.4 Å². The van der Waals surface area contributed by atoms with Gasteiger partial charge >= 0.3 is 0 Å². The average molecular weight is 276 g/mol. The molecule has 0 aromatic carbocycles. The van der Waals surface area contributed by atoms with E-state index < -0.39 is 0 Å². The second-order valence-electron chi connectivity index (χ2n) is 6.20. The van der Waals surface area contributed by atoms with E-state index in [1.165, 1.54) is 18.4 Å². The molecule has 1 fully saturated rings. The van der Waals surface area contributed by atoms with Gasteiger partial charge in [0.25, 0.3) is 0 Å². The molecule has 3 N–H and O–H groups in total. The zero-order valence-electron chi connectivity index (χ0n) is 12.4. The summed E-state index contributed by atoms with van der Waals surface area (Å²) in [6.45, 7) is 2.30. The number of ether oxygens (including phenoxy) is 1. The number of fused-ring (bicyclic) bond motifs is 1. The van der Waals surface area contributed by atoms with Gasteiger partial charge in [-0.3, -0.25) is 0 Å². The Bertz CT molecular complexity index is 495. The van der Waals surface area contributed by atoms with Gasteiger partial charge in [-0.1, -0.05) is 6.92 Å². The van der Waals surface area contributed by atoms with Crippen LogP contribution in [-0.2, 0) is 23.2 Å². The van der Waals surface area contributed by atoms with Crippen molar-refractivity contribution in [2.24, 2.45) is 11.8 Å². The minimum Gasteiger partial charge on any atom is -0.370 e. The van der Waals surface area contributed by atoms with Crippen LogP contribution < -0.4 is 11.3 Å². The molecule has 20 heavy (non-hydrogen) atoms. The Morgan fingerprint density at radius 3 is 2.65 bits per heavy atom. The Morgan fingerprint density at radius 1 is 1.25 bits per heavy atom. The first-order valence-corrected chi connectivity index (χ1v) is 7.60. The van der Waals surface area contributed by atoms with Crippen LogP contribution in [0.2, 0.25) is 0 Å². The number of methoxy groups -OCH3 is 1. The van der Waals surface area contributed by atoms with Crippen molar-refractivity contribution in [2.45, 2.75) is 57.5 Å². The molecule has 0 atom stereocenters. The van der Waals surface area contributed by atoms with Crippen molar-refractivity contribution in [3.8, 4) is 0 Å². The molecule has 0 unspecified atom stereocenters. The molecule has 1 saturated carbocycles. The fraction of sp³-hybridized carbons (Fsp3) is 0.733. The van der Waals surface area contributed by atoms with Crippen molar-refractivity contribution in [1.29, 1.82) is 0 Å². The third kappa shape index (κ3) is 2.19. The van der Waals surface area contributed by atoms with E-state index in [0.717, 1.165) is 55.4 Å². The van der Waals surface area contributed by atoms with Crippen molar-refractivity contribution in [3.05, 3.63) is 17.1 Å². The first-order valence-electron chi connectivity index (χ1n) is 7.60. The molecule has 1 aromatic rings. The van der Waals surface area contributed by atoms with Gasteiger partial charge in [-0.05, 0) is 50.9 Å². The van der Waals surface area contributed by atoms with Crippen LogP contribution in [0.5, 0.6) is 0 Å². The fourth-order valence-electron chi connectivity index (χ4n) is 3.50. The molecule has 110 valence electrons. The SMILES string of the molecule is COC1(c2nc3c(c(NN)n2)CCC3)CCC(C)CC1. The van der Waals surface area contributed by atoms with Crippen molar-refractivity contribution in [1.82, 2.24) is 9.97 Å². The van der Waals surface area contributed by atoms with Gasteiger partial charge in [-0.15, -0.1) is 0 Å². The summed E-state index contributed by atoms with van der Waals surface area (Å²) in [6, 6.07) is 0. The predicted octanol–water partition coefficient (Wildman–Crippen LogP) is 2.30. The summed E-state index contributed by atoms with van der Waals surface area (Å²) in [7, 11) is 1.78. The third-order valence-electron chi connectivity index (χ3n) is 4.95. The van der Waals surface area contributed by atoms with Crippen LogP contribution >= 0.6 is 0 Å². The van der Waals surface area contributed by atoms with Crippen LogP contribution in [0.1, 0.15) is 56.1 Å². The molecule has 5 heteroatoms. The van der Waals surface area contributed by atoms with E-state index in [1.807, 2.05) is 0 Å². The van der Waals surface area contributed by atoms with E-state index in [1.54, 1.807) is 7.11 Å². The van der Waals surface area contributed by atoms with Crippen LogP contribution in [0.4, 0.5) is 5.82 Å². The number of hydrogen-bond acceptors (Lipinski definition) is 5. The van der Waals surface area contributed by atoms with Gasteiger partial charge in [0.15, 0.2) is 5.82 Å². The Hall–Kier alpha value is -1.20. The lowest BCUT2D eigenvalue weighted by molar-refractivity contribution is -0.0597. The molecular formula is C15H24N4O. The molecule has 2 aliphatic rings. The summed E-state index contributed by atoms with van der Waals surface area (Å²) in [6.07, 6.45) is 7.50. The molecular weight excluding hydrogens is 252 g/mol. The summed E-state index contributed by atoms with van der Waals surface area (Å²) < 4.78 is 5.88. The summed E-state index contributed by atoms with van der Waals surface area (Å²) in [4.78, 5) is 9.50. The Balaban J connectivity index is 2.00. The minimum absolute atomic E-state index is 0.324. The molecule has 0 radical (unpaired) electrons. The molecule has 3 rings (SSSR count). The molecule has 5 nitrogen and oxygen atoms in total. The van der Waals surface area contributed by atoms with E-state index in [2.05, 4.69) is 17.3 Å². The number of nitrogens with two attached hydrogens (primary N) is 1. The normalized spacial score (nSPS) is 29.2. The molecule has 0 bridgehead atoms. The molecule has 0 amide bonds. The number of nitrogens with one attached hydrogen (secondary N) is 1. The average Bonchev–Trinajstić information content (AvgIpc) is 2.96. The van der Waals surface area contributed by atoms with Gasteiger partial charge in [0.1, 0.15) is 11.4 Å². The first kappa shape index (κ1) is 13.8. The summed E-state index contributed by atoms with van der Waals surface area (Å²) in [5, 5.41) is 0. The van der Waals surface area contributed by atoms with Gasteiger partial charge in [-0.2, -0.15) is 0 Å². The quantitative estimate of drug-likeness (QED) is 0.654. The largest absolute Gasteiger partial charge is 0.370 e. The summed E-state index contributed by atoms with van der Waals surface area (Å²) in [5.41, 5.74) is 4.76. The van der Waals surface area contributed by atoms with Crippen molar-refractivity contribution < 1.29 is 4.74 Å². The molecule has 0 spiro atoms. The molecule has 0 aliphatic heterocycles. The fourth-order valence-corrected chi connectivity index (χ4v) is 3.50. The van der Waals surface area contributed by atoms with E-state index >= 15 is 0 Å². The third-order valence-corrected chi connectivity index (χ3v) is 4.95. The number of nitrogen functional groups attached to an aromatic ring is 1. The van der Waals surface area contributed by atoms with Crippen LogP contribution in [-0.4, -0.2) is 17.1 Å². The van der Waals surface area contributed by atoms with Crippen LogP contribution in [0, 0.1) is 5.92 Å². The van der Waals surface area contributed by atoms with Crippen molar-refractivity contribution >= 4 is 5.82 Å². The maximum atomic E-state index is 5.88. The van der Waals surface area contributed by atoms with Crippen LogP contribution in [0.15, 0.2) is 0 Å². The highest BCUT2D eigenvalue weighted by Gasteiger charge is 2.39. The summed E-state index contributed by atoms with van der Waals surface area (Å²) in [5.74, 6) is 8.02. The Labute approximate surface area is 120 Å². The van der Waals surface area contributed by atoms with E-state index in [0.29, 0.717) is 0 Å². The second-order valence-corrected chi connectivity index (χ2v) is 6.20. The van der Waals surface area contributed by atoms with E-state index in [-0.39, 0.29) is 5.60 Å².